The van der Waals surface area contributed by atoms with Crippen molar-refractivity contribution in [1.29, 1.82) is 0 Å². The first-order chi connectivity index (χ1) is 13.3. The maximum absolute atomic E-state index is 12.1. The third kappa shape index (κ3) is 3.57. The molecule has 0 bridgehead atoms. The van der Waals surface area contributed by atoms with Crippen LogP contribution in [-0.4, -0.2) is 28.7 Å². The quantitative estimate of drug-likeness (QED) is 0.621. The zero-order valence-electron chi connectivity index (χ0n) is 17.1. The minimum atomic E-state index is -0.967. The summed E-state index contributed by atoms with van der Waals surface area (Å²) in [4.78, 5) is 12.1. The number of fused-ring (bicyclic) bond motifs is 1. The first-order valence-corrected chi connectivity index (χ1v) is 9.55. The lowest BCUT2D eigenvalue weighted by Gasteiger charge is -2.24. The number of carboxylic acids is 1. The number of hydrogen-bond acceptors (Lipinski definition) is 3. The first kappa shape index (κ1) is 19.8. The number of carbonyl (C=O) groups is 1. The highest BCUT2D eigenvalue weighted by Crippen LogP contribution is 2.44. The Kier molecular flexibility index (Phi) is 5.36. The summed E-state index contributed by atoms with van der Waals surface area (Å²) in [6, 6.07) is 9.54. The van der Waals surface area contributed by atoms with Gasteiger partial charge in [0.25, 0.3) is 0 Å². The summed E-state index contributed by atoms with van der Waals surface area (Å²) in [5, 5.41) is 9.95. The second-order valence-corrected chi connectivity index (χ2v) is 7.68. The predicted molar refractivity (Wildman–Crippen MR) is 111 cm³/mol. The molecule has 0 aliphatic rings. The van der Waals surface area contributed by atoms with Gasteiger partial charge in [-0.3, -0.25) is 0 Å². The number of benzene rings is 1. The lowest BCUT2D eigenvalue weighted by molar-refractivity contribution is 0.0700. The van der Waals surface area contributed by atoms with E-state index in [9.17, 15) is 9.90 Å². The Hall–Kier alpha value is -2.95. The third-order valence-electron chi connectivity index (χ3n) is 4.70. The Balaban J connectivity index is 2.40. The Morgan fingerprint density at radius 1 is 1.07 bits per heavy atom. The van der Waals surface area contributed by atoms with Crippen molar-refractivity contribution in [3.8, 4) is 22.6 Å². The Morgan fingerprint density at radius 2 is 1.79 bits per heavy atom. The second kappa shape index (κ2) is 7.58. The predicted octanol–water partition coefficient (Wildman–Crippen LogP) is 5.40. The molecule has 3 rings (SSSR count). The molecule has 3 aromatic rings. The van der Waals surface area contributed by atoms with Crippen molar-refractivity contribution in [2.45, 2.75) is 40.0 Å². The van der Waals surface area contributed by atoms with Gasteiger partial charge in [0.15, 0.2) is 11.5 Å². The van der Waals surface area contributed by atoms with Gasteiger partial charge in [0, 0.05) is 23.5 Å². The second-order valence-electron chi connectivity index (χ2n) is 7.68. The van der Waals surface area contributed by atoms with E-state index in [4.69, 9.17) is 9.47 Å². The highest BCUT2D eigenvalue weighted by Gasteiger charge is 2.26. The van der Waals surface area contributed by atoms with E-state index in [0.717, 1.165) is 11.1 Å². The first-order valence-electron chi connectivity index (χ1n) is 9.55. The SMILES string of the molecule is CCOc1cc(C(C)(C)C)cc(-c2cn3ccccc3c2C(=O)O)c1OCC. The van der Waals surface area contributed by atoms with Crippen molar-refractivity contribution in [2.75, 3.05) is 13.2 Å². The summed E-state index contributed by atoms with van der Waals surface area (Å²) >= 11 is 0. The van der Waals surface area contributed by atoms with E-state index in [2.05, 4.69) is 20.8 Å². The number of ether oxygens (including phenoxy) is 2. The molecule has 148 valence electrons. The van der Waals surface area contributed by atoms with Crippen LogP contribution < -0.4 is 9.47 Å². The summed E-state index contributed by atoms with van der Waals surface area (Å²) in [5.41, 5.74) is 3.18. The largest absolute Gasteiger partial charge is 0.490 e. The van der Waals surface area contributed by atoms with E-state index in [1.54, 1.807) is 0 Å². The van der Waals surface area contributed by atoms with Crippen LogP contribution in [0.2, 0.25) is 0 Å². The monoisotopic (exact) mass is 381 g/mol. The van der Waals surface area contributed by atoms with Crippen molar-refractivity contribution >= 4 is 11.5 Å². The van der Waals surface area contributed by atoms with Crippen LogP contribution >= 0.6 is 0 Å². The van der Waals surface area contributed by atoms with E-state index in [1.165, 1.54) is 0 Å². The van der Waals surface area contributed by atoms with Gasteiger partial charge in [-0.15, -0.1) is 0 Å². The van der Waals surface area contributed by atoms with Crippen LogP contribution in [0.15, 0.2) is 42.7 Å². The van der Waals surface area contributed by atoms with Crippen LogP contribution in [-0.2, 0) is 5.41 Å². The summed E-state index contributed by atoms with van der Waals surface area (Å²) in [5.74, 6) is 0.249. The fourth-order valence-corrected chi connectivity index (χ4v) is 3.34. The molecule has 0 fully saturated rings. The van der Waals surface area contributed by atoms with Crippen LogP contribution in [0.4, 0.5) is 0 Å². The topological polar surface area (TPSA) is 60.2 Å². The molecule has 0 radical (unpaired) electrons. The molecule has 2 heterocycles. The van der Waals surface area contributed by atoms with E-state index in [-0.39, 0.29) is 11.0 Å². The van der Waals surface area contributed by atoms with E-state index in [0.29, 0.717) is 35.8 Å². The molecule has 0 saturated carbocycles. The number of carboxylic acid groups (broad SMARTS) is 1. The van der Waals surface area contributed by atoms with Gasteiger partial charge >= 0.3 is 5.97 Å². The molecule has 5 heteroatoms. The fourth-order valence-electron chi connectivity index (χ4n) is 3.34. The summed E-state index contributed by atoms with van der Waals surface area (Å²) in [7, 11) is 0. The number of hydrogen-bond donors (Lipinski definition) is 1. The summed E-state index contributed by atoms with van der Waals surface area (Å²) in [6.45, 7) is 11.2. The molecule has 0 atom stereocenters. The van der Waals surface area contributed by atoms with Crippen molar-refractivity contribution in [1.82, 2.24) is 4.40 Å². The zero-order valence-corrected chi connectivity index (χ0v) is 17.1. The lowest BCUT2D eigenvalue weighted by Crippen LogP contribution is -2.13. The van der Waals surface area contributed by atoms with Gasteiger partial charge in [-0.2, -0.15) is 0 Å². The van der Waals surface area contributed by atoms with Crippen molar-refractivity contribution in [2.24, 2.45) is 0 Å². The average Bonchev–Trinajstić information content (AvgIpc) is 3.02. The normalized spacial score (nSPS) is 11.6. The molecule has 0 saturated heterocycles. The molecular formula is C23H27NO4. The summed E-state index contributed by atoms with van der Waals surface area (Å²) in [6.07, 6.45) is 3.70. The molecule has 0 unspecified atom stereocenters. The minimum absolute atomic E-state index is 0.131. The maximum Gasteiger partial charge on any atom is 0.338 e. The molecule has 0 amide bonds. The third-order valence-corrected chi connectivity index (χ3v) is 4.70. The Labute approximate surface area is 165 Å². The van der Waals surface area contributed by atoms with Gasteiger partial charge in [0.2, 0.25) is 0 Å². The molecule has 1 N–H and O–H groups in total. The molecule has 28 heavy (non-hydrogen) atoms. The summed E-state index contributed by atoms with van der Waals surface area (Å²) < 4.78 is 13.7. The van der Waals surface area contributed by atoms with Gasteiger partial charge < -0.3 is 19.0 Å². The van der Waals surface area contributed by atoms with Gasteiger partial charge in [-0.05, 0) is 49.1 Å². The van der Waals surface area contributed by atoms with Crippen molar-refractivity contribution < 1.29 is 19.4 Å². The smallest absolute Gasteiger partial charge is 0.338 e. The van der Waals surface area contributed by atoms with Crippen LogP contribution in [0.5, 0.6) is 11.5 Å². The van der Waals surface area contributed by atoms with Crippen LogP contribution in [0, 0.1) is 0 Å². The van der Waals surface area contributed by atoms with E-state index < -0.39 is 5.97 Å². The number of pyridine rings is 1. The molecule has 0 aliphatic heterocycles. The molecule has 2 aromatic heterocycles. The molecular weight excluding hydrogens is 354 g/mol. The number of nitrogens with zero attached hydrogens (tertiary/aromatic N) is 1. The Morgan fingerprint density at radius 3 is 2.39 bits per heavy atom. The molecule has 5 nitrogen and oxygen atoms in total. The fraction of sp³-hybridized carbons (Fsp3) is 0.348. The van der Waals surface area contributed by atoms with Crippen molar-refractivity contribution in [3.63, 3.8) is 0 Å². The van der Waals surface area contributed by atoms with Crippen LogP contribution in [0.1, 0.15) is 50.5 Å². The van der Waals surface area contributed by atoms with E-state index in [1.807, 2.05) is 61.0 Å². The average molecular weight is 381 g/mol. The minimum Gasteiger partial charge on any atom is -0.490 e. The van der Waals surface area contributed by atoms with Crippen LogP contribution in [0.25, 0.3) is 16.6 Å². The molecule has 0 aliphatic carbocycles. The molecule has 0 spiro atoms. The van der Waals surface area contributed by atoms with Gasteiger partial charge in [0.05, 0.1) is 24.3 Å². The van der Waals surface area contributed by atoms with Gasteiger partial charge in [-0.1, -0.05) is 26.8 Å². The number of aromatic nitrogens is 1. The van der Waals surface area contributed by atoms with E-state index >= 15 is 0 Å². The number of aromatic carboxylic acids is 1. The van der Waals surface area contributed by atoms with Gasteiger partial charge in [0.1, 0.15) is 0 Å². The highest BCUT2D eigenvalue weighted by atomic mass is 16.5. The standard InChI is InChI=1S/C23H27NO4/c1-6-27-19-13-15(23(3,4)5)12-16(21(19)28-7-2)17-14-24-11-9-8-10-18(24)20(17)22(25)26/h8-14H,6-7H2,1-5H3,(H,25,26). The lowest BCUT2D eigenvalue weighted by atomic mass is 9.84. The zero-order chi connectivity index (χ0) is 20.5. The Bertz CT molecular complexity index is 1010. The molecule has 1 aromatic carbocycles. The van der Waals surface area contributed by atoms with Gasteiger partial charge in [-0.25, -0.2) is 4.79 Å². The van der Waals surface area contributed by atoms with Crippen molar-refractivity contribution in [3.05, 3.63) is 53.9 Å². The highest BCUT2D eigenvalue weighted by molar-refractivity contribution is 6.04. The number of rotatable bonds is 6. The maximum atomic E-state index is 12.1. The van der Waals surface area contributed by atoms with Crippen LogP contribution in [0.3, 0.4) is 0 Å².